The van der Waals surface area contributed by atoms with Gasteiger partial charge in [-0.3, -0.25) is 0 Å². The van der Waals surface area contributed by atoms with E-state index in [9.17, 15) is 0 Å². The monoisotopic (exact) mass is 400 g/mol. The van der Waals surface area contributed by atoms with E-state index in [2.05, 4.69) is 35.8 Å². The van der Waals surface area contributed by atoms with E-state index >= 15 is 0 Å². The summed E-state index contributed by atoms with van der Waals surface area (Å²) in [6.07, 6.45) is 1.64. The first-order chi connectivity index (χ1) is 12.9. The zero-order valence-electron chi connectivity index (χ0n) is 15.6. The fourth-order valence-electron chi connectivity index (χ4n) is 2.47. The number of aromatic nitrogens is 3. The molecule has 3 rings (SSSR count). The minimum Gasteiger partial charge on any atom is -0.449 e. The number of benzene rings is 1. The van der Waals surface area contributed by atoms with E-state index in [0.29, 0.717) is 23.2 Å². The van der Waals surface area contributed by atoms with Gasteiger partial charge in [0.2, 0.25) is 5.88 Å². The standard InChI is InChI=1S/C19H21ClN4O2Si/c1-27(2,3)9-8-25-13-26-19-16-12-22-18(20)10-17(16)24(23-19)15-6-4-14(11-21)5-7-15/h4-7,10,12H,8-9,13H2,1-3H3. The molecule has 8 heteroatoms. The molecule has 2 heterocycles. The lowest BCUT2D eigenvalue weighted by molar-refractivity contribution is 0.0199. The number of halogens is 1. The Balaban J connectivity index is 1.83. The highest BCUT2D eigenvalue weighted by Crippen LogP contribution is 2.28. The van der Waals surface area contributed by atoms with Crippen LogP contribution in [0.25, 0.3) is 16.6 Å². The number of hydrogen-bond donors (Lipinski definition) is 0. The lowest BCUT2D eigenvalue weighted by Gasteiger charge is -2.15. The molecule has 3 aromatic rings. The molecule has 0 unspecified atom stereocenters. The van der Waals surface area contributed by atoms with Gasteiger partial charge in [-0.25, -0.2) is 9.67 Å². The third kappa shape index (κ3) is 4.86. The Hall–Kier alpha value is -2.40. The van der Waals surface area contributed by atoms with E-state index in [1.807, 2.05) is 12.1 Å². The van der Waals surface area contributed by atoms with Crippen LogP contribution in [0, 0.1) is 11.3 Å². The number of fused-ring (bicyclic) bond motifs is 1. The molecule has 0 atom stereocenters. The highest BCUT2D eigenvalue weighted by molar-refractivity contribution is 6.76. The third-order valence-electron chi connectivity index (χ3n) is 4.01. The van der Waals surface area contributed by atoms with Crippen LogP contribution < -0.4 is 4.74 Å². The van der Waals surface area contributed by atoms with E-state index in [1.165, 1.54) is 0 Å². The summed E-state index contributed by atoms with van der Waals surface area (Å²) in [6, 6.07) is 12.1. The Kier molecular flexibility index (Phi) is 5.80. The first-order valence-electron chi connectivity index (χ1n) is 8.63. The van der Waals surface area contributed by atoms with Crippen LogP contribution in [0.15, 0.2) is 36.5 Å². The van der Waals surface area contributed by atoms with Gasteiger partial charge in [-0.2, -0.15) is 5.26 Å². The van der Waals surface area contributed by atoms with Gasteiger partial charge in [0.1, 0.15) is 5.15 Å². The average Bonchev–Trinajstić information content (AvgIpc) is 2.98. The summed E-state index contributed by atoms with van der Waals surface area (Å²) in [5.74, 6) is 0.437. The quantitative estimate of drug-likeness (QED) is 0.250. The van der Waals surface area contributed by atoms with Crippen molar-refractivity contribution in [1.82, 2.24) is 14.8 Å². The van der Waals surface area contributed by atoms with Gasteiger partial charge < -0.3 is 9.47 Å². The smallest absolute Gasteiger partial charge is 0.244 e. The van der Waals surface area contributed by atoms with Crippen LogP contribution in [0.5, 0.6) is 5.88 Å². The molecule has 0 amide bonds. The molecule has 0 radical (unpaired) electrons. The van der Waals surface area contributed by atoms with Crippen LogP contribution in [0.3, 0.4) is 0 Å². The van der Waals surface area contributed by atoms with Gasteiger partial charge in [-0.1, -0.05) is 31.2 Å². The summed E-state index contributed by atoms with van der Waals surface area (Å²) < 4.78 is 13.1. The summed E-state index contributed by atoms with van der Waals surface area (Å²) in [5.41, 5.74) is 2.16. The average molecular weight is 401 g/mol. The molecule has 0 aliphatic carbocycles. The molecule has 1 aromatic carbocycles. The van der Waals surface area contributed by atoms with Crippen LogP contribution >= 0.6 is 11.6 Å². The molecule has 0 spiro atoms. The van der Waals surface area contributed by atoms with Crippen molar-refractivity contribution in [2.45, 2.75) is 25.7 Å². The Morgan fingerprint density at radius 1 is 1.22 bits per heavy atom. The van der Waals surface area contributed by atoms with Crippen molar-refractivity contribution >= 4 is 30.6 Å². The zero-order chi connectivity index (χ0) is 19.4. The van der Waals surface area contributed by atoms with E-state index in [4.69, 9.17) is 26.3 Å². The Labute approximate surface area is 164 Å². The predicted octanol–water partition coefficient (Wildman–Crippen LogP) is 4.64. The second-order valence-corrected chi connectivity index (χ2v) is 13.4. The molecular weight excluding hydrogens is 380 g/mol. The topological polar surface area (TPSA) is 73.0 Å². The van der Waals surface area contributed by atoms with Crippen molar-refractivity contribution in [1.29, 1.82) is 5.26 Å². The molecule has 6 nitrogen and oxygen atoms in total. The van der Waals surface area contributed by atoms with Gasteiger partial charge in [0, 0.05) is 26.9 Å². The van der Waals surface area contributed by atoms with E-state index in [-0.39, 0.29) is 6.79 Å². The van der Waals surface area contributed by atoms with Crippen LogP contribution in [-0.2, 0) is 4.74 Å². The number of ether oxygens (including phenoxy) is 2. The fourth-order valence-corrected chi connectivity index (χ4v) is 3.38. The highest BCUT2D eigenvalue weighted by Gasteiger charge is 2.15. The van der Waals surface area contributed by atoms with Crippen molar-refractivity contribution in [3.63, 3.8) is 0 Å². The lowest BCUT2D eigenvalue weighted by atomic mass is 10.2. The molecular formula is C19H21ClN4O2Si. The SMILES string of the molecule is C[Si](C)(C)CCOCOc1nn(-c2ccc(C#N)cc2)c2cc(Cl)ncc12. The molecule has 0 saturated carbocycles. The largest absolute Gasteiger partial charge is 0.449 e. The molecule has 0 saturated heterocycles. The van der Waals surface area contributed by atoms with Crippen LogP contribution in [0.4, 0.5) is 0 Å². The highest BCUT2D eigenvalue weighted by atomic mass is 35.5. The summed E-state index contributed by atoms with van der Waals surface area (Å²) in [4.78, 5) is 4.13. The number of nitriles is 1. The van der Waals surface area contributed by atoms with Gasteiger partial charge in [0.15, 0.2) is 6.79 Å². The van der Waals surface area contributed by atoms with E-state index < -0.39 is 8.07 Å². The summed E-state index contributed by atoms with van der Waals surface area (Å²) in [7, 11) is -1.13. The first-order valence-corrected chi connectivity index (χ1v) is 12.7. The van der Waals surface area contributed by atoms with Gasteiger partial charge in [-0.05, 0) is 30.3 Å². The third-order valence-corrected chi connectivity index (χ3v) is 5.93. The maximum absolute atomic E-state index is 8.97. The van der Waals surface area contributed by atoms with Gasteiger partial charge >= 0.3 is 0 Å². The van der Waals surface area contributed by atoms with Crippen molar-refractivity contribution < 1.29 is 9.47 Å². The molecule has 0 N–H and O–H groups in total. The molecule has 0 aliphatic heterocycles. The number of hydrogen-bond acceptors (Lipinski definition) is 5. The lowest BCUT2D eigenvalue weighted by Crippen LogP contribution is -2.22. The molecule has 0 fully saturated rings. The summed E-state index contributed by atoms with van der Waals surface area (Å²) >= 11 is 6.07. The van der Waals surface area contributed by atoms with Crippen molar-refractivity contribution in [2.75, 3.05) is 13.4 Å². The Bertz CT molecular complexity index is 974. The Morgan fingerprint density at radius 3 is 2.63 bits per heavy atom. The van der Waals surface area contributed by atoms with Crippen molar-refractivity contribution in [3.05, 3.63) is 47.2 Å². The van der Waals surface area contributed by atoms with Crippen LogP contribution in [0.2, 0.25) is 30.8 Å². The molecule has 27 heavy (non-hydrogen) atoms. The second kappa shape index (κ2) is 8.09. The molecule has 140 valence electrons. The number of nitrogens with zero attached hydrogens (tertiary/aromatic N) is 4. The van der Waals surface area contributed by atoms with Crippen LogP contribution in [0.1, 0.15) is 5.56 Å². The minimum absolute atomic E-state index is 0.132. The normalized spacial score (nSPS) is 11.5. The maximum atomic E-state index is 8.97. The zero-order valence-corrected chi connectivity index (χ0v) is 17.3. The Morgan fingerprint density at radius 2 is 1.96 bits per heavy atom. The van der Waals surface area contributed by atoms with Gasteiger partial charge in [0.25, 0.3) is 0 Å². The van der Waals surface area contributed by atoms with Crippen LogP contribution in [-0.4, -0.2) is 36.2 Å². The first kappa shape index (κ1) is 19.4. The summed E-state index contributed by atoms with van der Waals surface area (Å²) in [6.45, 7) is 7.72. The molecule has 0 bridgehead atoms. The predicted molar refractivity (Wildman–Crippen MR) is 108 cm³/mol. The maximum Gasteiger partial charge on any atom is 0.244 e. The summed E-state index contributed by atoms with van der Waals surface area (Å²) in [5, 5.41) is 14.6. The van der Waals surface area contributed by atoms with E-state index in [1.54, 1.807) is 29.1 Å². The second-order valence-electron chi connectivity index (χ2n) is 7.38. The molecule has 2 aromatic heterocycles. The van der Waals surface area contributed by atoms with Crippen molar-refractivity contribution in [3.8, 4) is 17.6 Å². The van der Waals surface area contributed by atoms with Gasteiger partial charge in [-0.15, -0.1) is 5.10 Å². The van der Waals surface area contributed by atoms with E-state index in [0.717, 1.165) is 22.6 Å². The molecule has 0 aliphatic rings. The fraction of sp³-hybridized carbons (Fsp3) is 0.316. The van der Waals surface area contributed by atoms with Crippen molar-refractivity contribution in [2.24, 2.45) is 0 Å². The number of pyridine rings is 1. The number of rotatable bonds is 7. The minimum atomic E-state index is -1.13. The van der Waals surface area contributed by atoms with Gasteiger partial charge in [0.05, 0.1) is 28.2 Å².